The average molecular weight is 221 g/mol. The molecule has 0 unspecified atom stereocenters. The number of rotatable bonds is 2. The van der Waals surface area contributed by atoms with Crippen LogP contribution in [0.25, 0.3) is 10.1 Å². The smallest absolute Gasteiger partial charge is 0.377 e. The minimum Gasteiger partial charge on any atom is -0.475 e. The van der Waals surface area contributed by atoms with Crippen LogP contribution in [0.15, 0.2) is 18.2 Å². The van der Waals surface area contributed by atoms with Crippen LogP contribution in [-0.4, -0.2) is 21.2 Å². The highest BCUT2D eigenvalue weighted by molar-refractivity contribution is 7.13. The summed E-state index contributed by atoms with van der Waals surface area (Å²) in [7, 11) is 0. The van der Waals surface area contributed by atoms with Gasteiger partial charge in [0.2, 0.25) is 0 Å². The van der Waals surface area contributed by atoms with E-state index < -0.39 is 11.8 Å². The molecule has 0 fully saturated rings. The van der Waals surface area contributed by atoms with Crippen molar-refractivity contribution in [3.05, 3.63) is 29.5 Å². The van der Waals surface area contributed by atoms with Crippen molar-refractivity contribution in [1.29, 1.82) is 0 Å². The Kier molecular flexibility index (Phi) is 2.24. The van der Waals surface area contributed by atoms with Crippen molar-refractivity contribution >= 4 is 33.4 Å². The molecule has 0 aliphatic rings. The third-order valence-corrected chi connectivity index (χ3v) is 3.02. The van der Waals surface area contributed by atoms with Gasteiger partial charge in [0.05, 0.1) is 10.4 Å². The highest BCUT2D eigenvalue weighted by Crippen LogP contribution is 2.23. The van der Waals surface area contributed by atoms with Gasteiger partial charge in [0.25, 0.3) is 5.78 Å². The minimum atomic E-state index is -1.44. The maximum Gasteiger partial charge on any atom is 0.377 e. The Labute approximate surface area is 89.3 Å². The number of carbonyl (C=O) groups excluding carboxylic acids is 1. The van der Waals surface area contributed by atoms with Crippen LogP contribution in [0.3, 0.4) is 0 Å². The number of carboxylic acid groups (broad SMARTS) is 1. The maximum absolute atomic E-state index is 11.2. The van der Waals surface area contributed by atoms with Crippen molar-refractivity contribution in [2.75, 3.05) is 0 Å². The van der Waals surface area contributed by atoms with Crippen molar-refractivity contribution in [3.8, 4) is 0 Å². The Hall–Kier alpha value is -1.75. The quantitative estimate of drug-likeness (QED) is 0.621. The molecule has 0 aliphatic heterocycles. The summed E-state index contributed by atoms with van der Waals surface area (Å²) in [6.45, 7) is 1.83. The lowest BCUT2D eigenvalue weighted by Crippen LogP contribution is -2.12. The zero-order valence-electron chi connectivity index (χ0n) is 7.85. The first-order valence-electron chi connectivity index (χ1n) is 4.23. The van der Waals surface area contributed by atoms with Crippen molar-refractivity contribution < 1.29 is 14.7 Å². The average Bonchev–Trinajstić information content (AvgIpc) is 2.59. The first kappa shape index (κ1) is 9.79. The topological polar surface area (TPSA) is 67.3 Å². The second-order valence-electron chi connectivity index (χ2n) is 3.11. The number of hydrogen-bond acceptors (Lipinski definition) is 4. The van der Waals surface area contributed by atoms with Gasteiger partial charge in [-0.1, -0.05) is 0 Å². The number of ketones is 1. The molecule has 4 nitrogen and oxygen atoms in total. The summed E-state index contributed by atoms with van der Waals surface area (Å²) in [4.78, 5) is 21.7. The molecule has 0 spiro atoms. The minimum absolute atomic E-state index is 0.193. The van der Waals surface area contributed by atoms with Crippen LogP contribution >= 0.6 is 11.5 Å². The van der Waals surface area contributed by atoms with E-state index in [9.17, 15) is 9.59 Å². The summed E-state index contributed by atoms with van der Waals surface area (Å²) in [5.41, 5.74) is 1.01. The molecule has 2 aromatic rings. The van der Waals surface area contributed by atoms with E-state index in [4.69, 9.17) is 5.11 Å². The van der Waals surface area contributed by atoms with Gasteiger partial charge in [-0.3, -0.25) is 4.79 Å². The van der Waals surface area contributed by atoms with Crippen LogP contribution in [0, 0.1) is 6.92 Å². The Morgan fingerprint density at radius 2 is 2.13 bits per heavy atom. The van der Waals surface area contributed by atoms with E-state index in [0.717, 1.165) is 15.8 Å². The molecule has 0 amide bonds. The normalized spacial score (nSPS) is 10.5. The van der Waals surface area contributed by atoms with E-state index in [2.05, 4.69) is 4.37 Å². The van der Waals surface area contributed by atoms with Gasteiger partial charge in [0.1, 0.15) is 0 Å². The lowest BCUT2D eigenvalue weighted by molar-refractivity contribution is -0.131. The highest BCUT2D eigenvalue weighted by Gasteiger charge is 2.15. The number of fused-ring (bicyclic) bond motifs is 1. The molecule has 5 heteroatoms. The van der Waals surface area contributed by atoms with Gasteiger partial charge in [-0.15, -0.1) is 0 Å². The number of aryl methyl sites for hydroxylation is 1. The number of Topliss-reactive ketones (excluding diaryl/α,β-unsaturated/α-hetero) is 1. The van der Waals surface area contributed by atoms with E-state index in [-0.39, 0.29) is 5.56 Å². The third kappa shape index (κ3) is 1.61. The first-order chi connectivity index (χ1) is 7.09. The molecule has 0 saturated carbocycles. The molecule has 0 saturated heterocycles. The monoisotopic (exact) mass is 221 g/mol. The molecule has 1 heterocycles. The van der Waals surface area contributed by atoms with Gasteiger partial charge in [-0.2, -0.15) is 4.37 Å². The molecule has 0 aliphatic carbocycles. The van der Waals surface area contributed by atoms with Gasteiger partial charge < -0.3 is 5.11 Å². The summed E-state index contributed by atoms with van der Waals surface area (Å²) >= 11 is 1.33. The Bertz CT molecular complexity index is 559. The molecular weight excluding hydrogens is 214 g/mol. The van der Waals surface area contributed by atoms with Crippen molar-refractivity contribution in [1.82, 2.24) is 4.37 Å². The van der Waals surface area contributed by atoms with E-state index in [1.165, 1.54) is 17.6 Å². The van der Waals surface area contributed by atoms with Gasteiger partial charge in [-0.05, 0) is 36.7 Å². The number of hydrogen-bond donors (Lipinski definition) is 1. The van der Waals surface area contributed by atoms with E-state index in [1.54, 1.807) is 12.1 Å². The first-order valence-corrected chi connectivity index (χ1v) is 5.00. The molecular formula is C10H7NO3S. The zero-order chi connectivity index (χ0) is 11.0. The molecule has 2 rings (SSSR count). The number of nitrogens with zero attached hydrogens (tertiary/aromatic N) is 1. The van der Waals surface area contributed by atoms with Gasteiger partial charge in [-0.25, -0.2) is 4.79 Å². The molecule has 1 aromatic carbocycles. The summed E-state index contributed by atoms with van der Waals surface area (Å²) < 4.78 is 5.08. The largest absolute Gasteiger partial charge is 0.475 e. The second kappa shape index (κ2) is 3.43. The molecule has 15 heavy (non-hydrogen) atoms. The number of aliphatic carboxylic acids is 1. The summed E-state index contributed by atoms with van der Waals surface area (Å²) in [5.74, 6) is -2.32. The van der Waals surface area contributed by atoms with E-state index in [1.807, 2.05) is 6.92 Å². The molecule has 76 valence electrons. The van der Waals surface area contributed by atoms with Crippen LogP contribution in [-0.2, 0) is 4.79 Å². The summed E-state index contributed by atoms with van der Waals surface area (Å²) in [6.07, 6.45) is 0. The SMILES string of the molecule is Cc1nsc2ccc(C(=O)C(=O)O)cc12. The maximum atomic E-state index is 11.2. The third-order valence-electron chi connectivity index (χ3n) is 2.11. The number of carboxylic acids is 1. The zero-order valence-corrected chi connectivity index (χ0v) is 8.67. The summed E-state index contributed by atoms with van der Waals surface area (Å²) in [6, 6.07) is 4.80. The van der Waals surface area contributed by atoms with Crippen LogP contribution in [0.4, 0.5) is 0 Å². The number of aromatic nitrogens is 1. The van der Waals surface area contributed by atoms with E-state index >= 15 is 0 Å². The number of carbonyl (C=O) groups is 2. The fourth-order valence-electron chi connectivity index (χ4n) is 1.32. The fourth-order valence-corrected chi connectivity index (χ4v) is 2.09. The van der Waals surface area contributed by atoms with Crippen molar-refractivity contribution in [2.24, 2.45) is 0 Å². The summed E-state index contributed by atoms with van der Waals surface area (Å²) in [5, 5.41) is 9.40. The Morgan fingerprint density at radius 3 is 2.80 bits per heavy atom. The van der Waals surface area contributed by atoms with Gasteiger partial charge in [0.15, 0.2) is 0 Å². The van der Waals surface area contributed by atoms with Crippen LogP contribution in [0.2, 0.25) is 0 Å². The fraction of sp³-hybridized carbons (Fsp3) is 0.100. The standard InChI is InChI=1S/C10H7NO3S/c1-5-7-4-6(9(12)10(13)14)2-3-8(7)15-11-5/h2-4H,1H3,(H,13,14). The molecule has 0 bridgehead atoms. The van der Waals surface area contributed by atoms with Gasteiger partial charge >= 0.3 is 5.97 Å². The molecule has 1 aromatic heterocycles. The molecule has 0 radical (unpaired) electrons. The lowest BCUT2D eigenvalue weighted by Gasteiger charge is -1.96. The molecule has 0 atom stereocenters. The Morgan fingerprint density at radius 1 is 1.40 bits per heavy atom. The second-order valence-corrected chi connectivity index (χ2v) is 3.92. The Balaban J connectivity index is 2.59. The van der Waals surface area contributed by atoms with Gasteiger partial charge in [0, 0.05) is 10.9 Å². The van der Waals surface area contributed by atoms with Crippen molar-refractivity contribution in [2.45, 2.75) is 6.92 Å². The highest BCUT2D eigenvalue weighted by atomic mass is 32.1. The predicted molar refractivity (Wildman–Crippen MR) is 56.3 cm³/mol. The molecule has 1 N–H and O–H groups in total. The van der Waals surface area contributed by atoms with E-state index in [0.29, 0.717) is 0 Å². The lowest BCUT2D eigenvalue weighted by atomic mass is 10.1. The van der Waals surface area contributed by atoms with Crippen LogP contribution < -0.4 is 0 Å². The predicted octanol–water partition coefficient (Wildman–Crippen LogP) is 1.87. The van der Waals surface area contributed by atoms with Crippen LogP contribution in [0.1, 0.15) is 16.1 Å². The number of benzene rings is 1. The van der Waals surface area contributed by atoms with Crippen molar-refractivity contribution in [3.63, 3.8) is 0 Å². The van der Waals surface area contributed by atoms with Crippen LogP contribution in [0.5, 0.6) is 0 Å².